The van der Waals surface area contributed by atoms with Gasteiger partial charge in [-0.1, -0.05) is 5.21 Å². The molecule has 3 rings (SSSR count). The Bertz CT molecular complexity index is 1380. The van der Waals surface area contributed by atoms with E-state index in [4.69, 9.17) is 10.4 Å². The molecule has 3 aromatic heterocycles. The molecule has 0 atom stereocenters. The molecule has 0 spiro atoms. The zero-order valence-corrected chi connectivity index (χ0v) is 18.0. The fourth-order valence-corrected chi connectivity index (χ4v) is 3.07. The van der Waals surface area contributed by atoms with E-state index in [1.54, 1.807) is 16.9 Å². The number of aryl methyl sites for hydroxylation is 2. The Morgan fingerprint density at radius 3 is 2.82 bits per heavy atom. The van der Waals surface area contributed by atoms with Crippen LogP contribution in [0.1, 0.15) is 18.5 Å². The van der Waals surface area contributed by atoms with Gasteiger partial charge in [0.2, 0.25) is 5.95 Å². The summed E-state index contributed by atoms with van der Waals surface area (Å²) in [5.74, 6) is -0.424. The van der Waals surface area contributed by atoms with E-state index in [1.807, 2.05) is 0 Å². The molecule has 0 aromatic carbocycles. The first kappa shape index (κ1) is 23.3. The number of nitriles is 1. The smallest absolute Gasteiger partial charge is 0.332 e. The molecule has 2 N–H and O–H groups in total. The van der Waals surface area contributed by atoms with E-state index < -0.39 is 17.0 Å². The number of aliphatic hydroxyl groups is 1. The van der Waals surface area contributed by atoms with Gasteiger partial charge in [-0.25, -0.2) is 10.2 Å². The van der Waals surface area contributed by atoms with E-state index in [1.165, 1.54) is 23.2 Å². The molecule has 172 valence electrons. The molecule has 33 heavy (non-hydrogen) atoms. The Balaban J connectivity index is 2.01. The molecule has 0 bridgehead atoms. The number of ketones is 1. The van der Waals surface area contributed by atoms with Crippen LogP contribution in [0.5, 0.6) is 0 Å². The van der Waals surface area contributed by atoms with Crippen molar-refractivity contribution in [2.75, 3.05) is 12.0 Å². The number of fused-ring (bicyclic) bond motifs is 1. The quantitative estimate of drug-likeness (QED) is 0.126. The standard InChI is InChI=1S/C19H22N10O4/c1-26-16-15(17(32)27(2)19(26)33)29(12-13-11-28(25-23-13)8-3-4-9-30)18(22-16)24-21-10-14(31)6-5-7-20/h5-6,10-11,30H,3-4,8-9,12H2,1-2H3,(H,22,24)/b6-5+,21-10+. The maximum atomic E-state index is 12.9. The Morgan fingerprint density at radius 2 is 2.09 bits per heavy atom. The Kier molecular flexibility index (Phi) is 7.26. The van der Waals surface area contributed by atoms with E-state index >= 15 is 0 Å². The summed E-state index contributed by atoms with van der Waals surface area (Å²) in [6.45, 7) is 0.751. The van der Waals surface area contributed by atoms with E-state index in [0.29, 0.717) is 18.7 Å². The van der Waals surface area contributed by atoms with Gasteiger partial charge in [0.25, 0.3) is 5.56 Å². The van der Waals surface area contributed by atoms with Crippen LogP contribution in [0.3, 0.4) is 0 Å². The van der Waals surface area contributed by atoms with Crippen LogP contribution in [-0.4, -0.2) is 57.4 Å². The van der Waals surface area contributed by atoms with E-state index in [-0.39, 0.29) is 30.3 Å². The van der Waals surface area contributed by atoms with Gasteiger partial charge in [-0.3, -0.25) is 28.0 Å². The molecule has 0 aliphatic carbocycles. The minimum atomic E-state index is -0.555. The average Bonchev–Trinajstić information content (AvgIpc) is 3.40. The van der Waals surface area contributed by atoms with Crippen molar-refractivity contribution in [2.45, 2.75) is 25.9 Å². The van der Waals surface area contributed by atoms with Gasteiger partial charge in [-0.05, 0) is 18.9 Å². The van der Waals surface area contributed by atoms with Crippen LogP contribution < -0.4 is 16.7 Å². The summed E-state index contributed by atoms with van der Waals surface area (Å²) in [6, 6.07) is 1.71. The number of rotatable bonds is 10. The molecule has 0 amide bonds. The molecule has 0 unspecified atom stereocenters. The van der Waals surface area contributed by atoms with Gasteiger partial charge in [0.05, 0.1) is 25.0 Å². The molecule has 0 fully saturated rings. The van der Waals surface area contributed by atoms with Crippen LogP contribution in [0.4, 0.5) is 5.95 Å². The van der Waals surface area contributed by atoms with Crippen molar-refractivity contribution in [2.24, 2.45) is 19.2 Å². The molecule has 0 aliphatic heterocycles. The largest absolute Gasteiger partial charge is 0.396 e. The normalized spacial score (nSPS) is 11.6. The van der Waals surface area contributed by atoms with Crippen LogP contribution in [0.2, 0.25) is 0 Å². The summed E-state index contributed by atoms with van der Waals surface area (Å²) in [5, 5.41) is 29.4. The number of carbonyl (C=O) groups is 1. The maximum absolute atomic E-state index is 12.9. The number of imidazole rings is 1. The molecule has 3 heterocycles. The van der Waals surface area contributed by atoms with Crippen LogP contribution in [0.25, 0.3) is 11.2 Å². The zero-order chi connectivity index (χ0) is 24.0. The van der Waals surface area contributed by atoms with Gasteiger partial charge in [0, 0.05) is 33.3 Å². The van der Waals surface area contributed by atoms with Crippen molar-refractivity contribution in [1.82, 2.24) is 33.7 Å². The van der Waals surface area contributed by atoms with Crippen LogP contribution >= 0.6 is 0 Å². The Hall–Kier alpha value is -4.38. The van der Waals surface area contributed by atoms with Gasteiger partial charge in [0.15, 0.2) is 16.9 Å². The molecule has 0 radical (unpaired) electrons. The number of anilines is 1. The van der Waals surface area contributed by atoms with E-state index in [9.17, 15) is 14.4 Å². The third-order valence-corrected chi connectivity index (χ3v) is 4.73. The minimum Gasteiger partial charge on any atom is -0.396 e. The van der Waals surface area contributed by atoms with Crippen LogP contribution in [0.15, 0.2) is 33.0 Å². The highest BCUT2D eigenvalue weighted by molar-refractivity contribution is 6.32. The molecular formula is C19H22N10O4. The number of hydrazone groups is 1. The maximum Gasteiger partial charge on any atom is 0.332 e. The molecule has 14 heteroatoms. The second-order valence-corrected chi connectivity index (χ2v) is 7.04. The summed E-state index contributed by atoms with van der Waals surface area (Å²) >= 11 is 0. The highest BCUT2D eigenvalue weighted by Gasteiger charge is 2.20. The third kappa shape index (κ3) is 5.10. The molecule has 3 aromatic rings. The zero-order valence-electron chi connectivity index (χ0n) is 18.0. The summed E-state index contributed by atoms with van der Waals surface area (Å²) < 4.78 is 5.32. The van der Waals surface area contributed by atoms with Crippen molar-refractivity contribution in [1.29, 1.82) is 5.26 Å². The first-order valence-corrected chi connectivity index (χ1v) is 9.92. The number of aliphatic hydroxyl groups excluding tert-OH is 1. The second-order valence-electron chi connectivity index (χ2n) is 7.04. The number of carbonyl (C=O) groups excluding carboxylic acids is 1. The number of hydrogen-bond donors (Lipinski definition) is 2. The highest BCUT2D eigenvalue weighted by atomic mass is 16.3. The number of nitrogens with zero attached hydrogens (tertiary/aromatic N) is 9. The summed E-state index contributed by atoms with van der Waals surface area (Å²) in [5.41, 5.74) is 2.31. The Labute approximate surface area is 186 Å². The topological polar surface area (TPSA) is 178 Å². The summed E-state index contributed by atoms with van der Waals surface area (Å²) in [4.78, 5) is 41.2. The van der Waals surface area contributed by atoms with Crippen molar-refractivity contribution < 1.29 is 9.90 Å². The molecule has 0 saturated carbocycles. The fraction of sp³-hybridized carbons (Fsp3) is 0.368. The lowest BCUT2D eigenvalue weighted by Gasteiger charge is -2.07. The minimum absolute atomic E-state index is 0.0874. The lowest BCUT2D eigenvalue weighted by atomic mass is 10.3. The van der Waals surface area contributed by atoms with Crippen LogP contribution in [0, 0.1) is 11.3 Å². The lowest BCUT2D eigenvalue weighted by molar-refractivity contribution is -0.108. The van der Waals surface area contributed by atoms with Gasteiger partial charge in [-0.2, -0.15) is 15.3 Å². The highest BCUT2D eigenvalue weighted by Crippen LogP contribution is 2.17. The average molecular weight is 454 g/mol. The third-order valence-electron chi connectivity index (χ3n) is 4.73. The number of unbranched alkanes of at least 4 members (excludes halogenated alkanes) is 1. The molecule has 0 aliphatic rings. The fourth-order valence-electron chi connectivity index (χ4n) is 3.07. The first-order valence-electron chi connectivity index (χ1n) is 9.92. The van der Waals surface area contributed by atoms with Crippen molar-refractivity contribution in [3.63, 3.8) is 0 Å². The SMILES string of the molecule is Cn1c(=O)c2c(nc(N/N=C/C(=O)/C=C/C#N)n2Cc2cn(CCCCO)nn2)n(C)c1=O. The number of nitrogens with one attached hydrogen (secondary N) is 1. The predicted molar refractivity (Wildman–Crippen MR) is 118 cm³/mol. The molecule has 14 nitrogen and oxygen atoms in total. The number of aromatic nitrogens is 7. The second kappa shape index (κ2) is 10.3. The number of hydrogen-bond acceptors (Lipinski definition) is 10. The molecule has 0 saturated heterocycles. The van der Waals surface area contributed by atoms with Crippen molar-refractivity contribution >= 4 is 29.1 Å². The predicted octanol–water partition coefficient (Wildman–Crippen LogP) is -1.11. The van der Waals surface area contributed by atoms with E-state index in [0.717, 1.165) is 29.4 Å². The van der Waals surface area contributed by atoms with Gasteiger partial charge >= 0.3 is 5.69 Å². The van der Waals surface area contributed by atoms with Gasteiger partial charge < -0.3 is 5.11 Å². The van der Waals surface area contributed by atoms with E-state index in [2.05, 4.69) is 25.8 Å². The van der Waals surface area contributed by atoms with Gasteiger partial charge in [0.1, 0.15) is 5.69 Å². The van der Waals surface area contributed by atoms with Crippen molar-refractivity contribution in [3.05, 3.63) is 44.9 Å². The summed E-state index contributed by atoms with van der Waals surface area (Å²) in [6.07, 6.45) is 6.09. The number of allylic oxidation sites excluding steroid dienone is 2. The first-order chi connectivity index (χ1) is 15.9. The summed E-state index contributed by atoms with van der Waals surface area (Å²) in [7, 11) is 2.85. The molecular weight excluding hydrogens is 432 g/mol. The van der Waals surface area contributed by atoms with Crippen LogP contribution in [-0.2, 0) is 32.0 Å². The monoisotopic (exact) mass is 454 g/mol. The van der Waals surface area contributed by atoms with Crippen molar-refractivity contribution in [3.8, 4) is 6.07 Å². The lowest BCUT2D eigenvalue weighted by Crippen LogP contribution is -2.37. The van der Waals surface area contributed by atoms with Gasteiger partial charge in [-0.15, -0.1) is 5.10 Å². The Morgan fingerprint density at radius 1 is 1.30 bits per heavy atom.